The Hall–Kier alpha value is -4.01. The van der Waals surface area contributed by atoms with Crippen LogP contribution in [0.15, 0.2) is 66.7 Å². The molecule has 2 atom stereocenters. The van der Waals surface area contributed by atoms with Gasteiger partial charge in [-0.15, -0.1) is 0 Å². The van der Waals surface area contributed by atoms with Gasteiger partial charge >= 0.3 is 12.2 Å². The summed E-state index contributed by atoms with van der Waals surface area (Å²) in [5, 5.41) is 0. The van der Waals surface area contributed by atoms with E-state index in [1.807, 2.05) is 6.92 Å². The fraction of sp³-hybridized carbons (Fsp3) is 0.286. The van der Waals surface area contributed by atoms with Crippen LogP contribution < -0.4 is 5.73 Å². The van der Waals surface area contributed by atoms with Gasteiger partial charge in [0.05, 0.1) is 12.6 Å². The van der Waals surface area contributed by atoms with E-state index in [2.05, 4.69) is 0 Å². The minimum Gasteiger partial charge on any atom is -0.450 e. The lowest BCUT2D eigenvalue weighted by molar-refractivity contribution is -0.0681. The fourth-order valence-electron chi connectivity index (χ4n) is 4.67. The van der Waals surface area contributed by atoms with Gasteiger partial charge in [-0.05, 0) is 60.7 Å². The Kier molecular flexibility index (Phi) is 7.71. The summed E-state index contributed by atoms with van der Waals surface area (Å²) < 4.78 is 51.8. The average molecular weight is 513 g/mol. The van der Waals surface area contributed by atoms with Crippen LogP contribution in [0.4, 0.5) is 22.8 Å². The molecule has 6 nitrogen and oxygen atoms in total. The van der Waals surface area contributed by atoms with E-state index in [9.17, 15) is 22.8 Å². The molecule has 1 fully saturated rings. The van der Waals surface area contributed by atoms with Crippen molar-refractivity contribution in [3.63, 3.8) is 0 Å². The second-order valence-corrected chi connectivity index (χ2v) is 9.01. The topological polar surface area (TPSA) is 81.9 Å². The lowest BCUT2D eigenvalue weighted by atomic mass is 9.84. The van der Waals surface area contributed by atoms with Crippen LogP contribution in [-0.2, 0) is 15.1 Å². The Morgan fingerprint density at radius 3 is 2.35 bits per heavy atom. The van der Waals surface area contributed by atoms with Crippen LogP contribution in [0.5, 0.6) is 0 Å². The van der Waals surface area contributed by atoms with Crippen LogP contribution in [0.1, 0.15) is 43.4 Å². The zero-order valence-electron chi connectivity index (χ0n) is 20.3. The number of hydrogen-bond donors (Lipinski definition) is 1. The molecule has 194 valence electrons. The number of carbonyl (C=O) groups excluding carboxylic acids is 2. The SMILES string of the molecule is CC(c1ccc(-c2ccc(F)cc2F)cc1)N1CCC(CCCOC(N)=O)(c2ccc(F)cc2)OC1=O. The molecule has 3 aromatic rings. The zero-order valence-corrected chi connectivity index (χ0v) is 20.3. The second kappa shape index (κ2) is 10.9. The first-order valence-electron chi connectivity index (χ1n) is 11.9. The summed E-state index contributed by atoms with van der Waals surface area (Å²) in [4.78, 5) is 25.7. The average Bonchev–Trinajstić information content (AvgIpc) is 2.87. The van der Waals surface area contributed by atoms with Gasteiger partial charge in [0.15, 0.2) is 0 Å². The third-order valence-electron chi connectivity index (χ3n) is 6.72. The van der Waals surface area contributed by atoms with Crippen LogP contribution in [-0.4, -0.2) is 30.2 Å². The molecule has 9 heteroatoms. The number of benzene rings is 3. The summed E-state index contributed by atoms with van der Waals surface area (Å²) in [6, 6.07) is 15.9. The minimum absolute atomic E-state index is 0.0664. The summed E-state index contributed by atoms with van der Waals surface area (Å²) in [5.74, 6) is -1.71. The van der Waals surface area contributed by atoms with E-state index in [-0.39, 0.29) is 18.2 Å². The van der Waals surface area contributed by atoms with E-state index in [4.69, 9.17) is 15.2 Å². The van der Waals surface area contributed by atoms with Gasteiger partial charge in [-0.3, -0.25) is 0 Å². The van der Waals surface area contributed by atoms with Gasteiger partial charge < -0.3 is 20.1 Å². The second-order valence-electron chi connectivity index (χ2n) is 9.01. The van der Waals surface area contributed by atoms with Gasteiger partial charge in [0.2, 0.25) is 0 Å². The van der Waals surface area contributed by atoms with Gasteiger partial charge in [-0.1, -0.05) is 36.4 Å². The molecule has 4 rings (SSSR count). The predicted octanol–water partition coefficient (Wildman–Crippen LogP) is 6.45. The smallest absolute Gasteiger partial charge is 0.411 e. The lowest BCUT2D eigenvalue weighted by Gasteiger charge is -2.43. The van der Waals surface area contributed by atoms with Crippen LogP contribution in [0, 0.1) is 17.5 Å². The van der Waals surface area contributed by atoms with Crippen molar-refractivity contribution >= 4 is 12.2 Å². The number of halogens is 3. The number of hydrogen-bond acceptors (Lipinski definition) is 4. The molecule has 37 heavy (non-hydrogen) atoms. The van der Waals surface area contributed by atoms with Crippen molar-refractivity contribution in [2.24, 2.45) is 5.73 Å². The largest absolute Gasteiger partial charge is 0.450 e. The Morgan fingerprint density at radius 1 is 1.05 bits per heavy atom. The number of ether oxygens (including phenoxy) is 2. The molecule has 0 aliphatic carbocycles. The zero-order chi connectivity index (χ0) is 26.6. The van der Waals surface area contributed by atoms with Gasteiger partial charge in [0.1, 0.15) is 23.1 Å². The highest BCUT2D eigenvalue weighted by Gasteiger charge is 2.43. The number of rotatable bonds is 8. The minimum atomic E-state index is -1.01. The Balaban J connectivity index is 1.50. The third-order valence-corrected chi connectivity index (χ3v) is 6.72. The molecule has 0 spiro atoms. The summed E-state index contributed by atoms with van der Waals surface area (Å²) in [6.07, 6.45) is -0.232. The molecule has 2 unspecified atom stereocenters. The summed E-state index contributed by atoms with van der Waals surface area (Å²) in [5.41, 5.74) is 6.35. The first-order chi connectivity index (χ1) is 17.7. The molecule has 1 saturated heterocycles. The quantitative estimate of drug-likeness (QED) is 0.352. The molecular formula is C28H27F3N2O4. The van der Waals surface area contributed by atoms with E-state index in [1.54, 1.807) is 41.3 Å². The number of primary amides is 1. The Bertz CT molecular complexity index is 1270. The van der Waals surface area contributed by atoms with E-state index < -0.39 is 35.2 Å². The molecule has 1 aliphatic heterocycles. The van der Waals surface area contributed by atoms with Crippen molar-refractivity contribution in [2.45, 2.75) is 37.8 Å². The van der Waals surface area contributed by atoms with Gasteiger partial charge in [-0.2, -0.15) is 0 Å². The van der Waals surface area contributed by atoms with Crippen molar-refractivity contribution in [1.29, 1.82) is 0 Å². The molecular weight excluding hydrogens is 485 g/mol. The maximum atomic E-state index is 14.2. The lowest BCUT2D eigenvalue weighted by Crippen LogP contribution is -2.48. The first kappa shape index (κ1) is 26.1. The van der Waals surface area contributed by atoms with E-state index >= 15 is 0 Å². The maximum Gasteiger partial charge on any atom is 0.411 e. The molecule has 0 aromatic heterocycles. The Labute approximate surface area is 212 Å². The molecule has 1 heterocycles. The van der Waals surface area contributed by atoms with Gasteiger partial charge in [0, 0.05) is 24.6 Å². The summed E-state index contributed by atoms with van der Waals surface area (Å²) >= 11 is 0. The molecule has 0 radical (unpaired) electrons. The van der Waals surface area contributed by atoms with Crippen molar-refractivity contribution in [2.75, 3.05) is 13.2 Å². The highest BCUT2D eigenvalue weighted by atomic mass is 19.1. The Morgan fingerprint density at radius 2 is 1.73 bits per heavy atom. The monoisotopic (exact) mass is 512 g/mol. The number of cyclic esters (lactones) is 1. The number of nitrogens with zero attached hydrogens (tertiary/aromatic N) is 1. The molecule has 2 amide bonds. The number of amides is 2. The summed E-state index contributed by atoms with van der Waals surface area (Å²) in [6.45, 7) is 2.29. The van der Waals surface area contributed by atoms with Crippen molar-refractivity contribution < 1.29 is 32.2 Å². The van der Waals surface area contributed by atoms with E-state index in [1.165, 1.54) is 24.3 Å². The molecule has 3 aromatic carbocycles. The highest BCUT2D eigenvalue weighted by Crippen LogP contribution is 2.40. The first-order valence-corrected chi connectivity index (χ1v) is 11.9. The summed E-state index contributed by atoms with van der Waals surface area (Å²) in [7, 11) is 0. The molecule has 1 aliphatic rings. The van der Waals surface area contributed by atoms with Crippen LogP contribution in [0.2, 0.25) is 0 Å². The molecule has 0 saturated carbocycles. The fourth-order valence-corrected chi connectivity index (χ4v) is 4.67. The van der Waals surface area contributed by atoms with Crippen LogP contribution >= 0.6 is 0 Å². The third kappa shape index (κ3) is 5.87. The molecule has 2 N–H and O–H groups in total. The van der Waals surface area contributed by atoms with Gasteiger partial charge in [0.25, 0.3) is 0 Å². The van der Waals surface area contributed by atoms with Crippen molar-refractivity contribution in [3.05, 3.63) is 95.3 Å². The van der Waals surface area contributed by atoms with E-state index in [0.717, 1.165) is 11.6 Å². The normalized spacial score (nSPS) is 18.3. The number of nitrogens with two attached hydrogens (primary N) is 1. The standard InChI is InChI=1S/C28H27F3N2O4/c1-18(19-3-5-20(6-4-19)24-12-11-23(30)17-25(24)31)33-15-14-28(37-27(33)35,13-2-16-36-26(32)34)21-7-9-22(29)10-8-21/h3-12,17-18H,2,13-16H2,1H3,(H2,32,34). The van der Waals surface area contributed by atoms with Crippen LogP contribution in [0.25, 0.3) is 11.1 Å². The van der Waals surface area contributed by atoms with Crippen molar-refractivity contribution in [3.8, 4) is 11.1 Å². The predicted molar refractivity (Wildman–Crippen MR) is 131 cm³/mol. The molecule has 0 bridgehead atoms. The highest BCUT2D eigenvalue weighted by molar-refractivity contribution is 5.70. The van der Waals surface area contributed by atoms with E-state index in [0.29, 0.717) is 36.9 Å². The maximum absolute atomic E-state index is 14.2. The van der Waals surface area contributed by atoms with Gasteiger partial charge in [-0.25, -0.2) is 22.8 Å². The van der Waals surface area contributed by atoms with Crippen molar-refractivity contribution in [1.82, 2.24) is 4.90 Å². The van der Waals surface area contributed by atoms with Crippen LogP contribution in [0.3, 0.4) is 0 Å². The number of carbonyl (C=O) groups is 2.